The molecule has 6 nitrogen and oxygen atoms in total. The Hall–Kier alpha value is -2.24. The minimum absolute atomic E-state index is 0.153. The van der Waals surface area contributed by atoms with Gasteiger partial charge in [-0.2, -0.15) is 5.10 Å². The van der Waals surface area contributed by atoms with E-state index in [0.29, 0.717) is 11.8 Å². The van der Waals surface area contributed by atoms with Crippen LogP contribution in [0.25, 0.3) is 0 Å². The predicted octanol–water partition coefficient (Wildman–Crippen LogP) is 3.28. The predicted molar refractivity (Wildman–Crippen MR) is 98.9 cm³/mol. The fourth-order valence-electron chi connectivity index (χ4n) is 4.44. The largest absolute Gasteiger partial charge is 0.338 e. The maximum absolute atomic E-state index is 13.2. The van der Waals surface area contributed by atoms with Crippen molar-refractivity contribution in [3.63, 3.8) is 0 Å². The van der Waals surface area contributed by atoms with Crippen LogP contribution in [-0.4, -0.2) is 43.6 Å². The monoisotopic (exact) mass is 353 g/mol. The summed E-state index contributed by atoms with van der Waals surface area (Å²) >= 11 is 0. The van der Waals surface area contributed by atoms with Crippen LogP contribution in [0.2, 0.25) is 0 Å². The van der Waals surface area contributed by atoms with E-state index >= 15 is 0 Å². The van der Waals surface area contributed by atoms with Crippen molar-refractivity contribution in [3.05, 3.63) is 41.7 Å². The average Bonchev–Trinajstić information content (AvgIpc) is 3.11. The van der Waals surface area contributed by atoms with Crippen LogP contribution in [0.15, 0.2) is 24.8 Å². The lowest BCUT2D eigenvalue weighted by molar-refractivity contribution is 0.0710. The molecule has 1 saturated heterocycles. The zero-order valence-electron chi connectivity index (χ0n) is 15.5. The zero-order valence-corrected chi connectivity index (χ0v) is 15.5. The van der Waals surface area contributed by atoms with Crippen LogP contribution in [0.1, 0.15) is 78.5 Å². The second kappa shape index (κ2) is 7.56. The van der Waals surface area contributed by atoms with E-state index in [4.69, 9.17) is 0 Å². The highest BCUT2D eigenvalue weighted by atomic mass is 16.2. The average molecular weight is 353 g/mol. The highest BCUT2D eigenvalue weighted by Crippen LogP contribution is 2.34. The second-order valence-electron chi connectivity index (χ2n) is 7.64. The van der Waals surface area contributed by atoms with Gasteiger partial charge in [0.05, 0.1) is 11.3 Å². The van der Waals surface area contributed by atoms with Gasteiger partial charge in [-0.25, -0.2) is 9.97 Å². The summed E-state index contributed by atoms with van der Waals surface area (Å²) in [5, 5.41) is 4.66. The van der Waals surface area contributed by atoms with Crippen molar-refractivity contribution in [3.8, 4) is 0 Å². The Labute approximate surface area is 154 Å². The minimum atomic E-state index is 0.153. The molecule has 1 saturated carbocycles. The van der Waals surface area contributed by atoms with E-state index in [-0.39, 0.29) is 5.91 Å². The molecular formula is C20H27N5O. The lowest BCUT2D eigenvalue weighted by atomic mass is 9.85. The molecule has 6 heteroatoms. The van der Waals surface area contributed by atoms with Crippen LogP contribution in [0.5, 0.6) is 0 Å². The normalized spacial score (nSPS) is 19.7. The molecule has 0 radical (unpaired) electrons. The molecule has 1 amide bonds. The molecule has 0 bridgehead atoms. The Morgan fingerprint density at radius 1 is 1.08 bits per heavy atom. The Morgan fingerprint density at radius 3 is 2.54 bits per heavy atom. The van der Waals surface area contributed by atoms with Gasteiger partial charge in [-0.15, -0.1) is 0 Å². The van der Waals surface area contributed by atoms with Crippen molar-refractivity contribution in [2.75, 3.05) is 13.1 Å². The van der Waals surface area contributed by atoms with E-state index in [2.05, 4.69) is 15.1 Å². The van der Waals surface area contributed by atoms with E-state index in [0.717, 1.165) is 55.7 Å². The van der Waals surface area contributed by atoms with Gasteiger partial charge in [-0.3, -0.25) is 9.48 Å². The summed E-state index contributed by atoms with van der Waals surface area (Å²) < 4.78 is 1.81. The maximum Gasteiger partial charge on any atom is 0.257 e. The van der Waals surface area contributed by atoms with E-state index < -0.39 is 0 Å². The first-order valence-electron chi connectivity index (χ1n) is 9.81. The van der Waals surface area contributed by atoms with E-state index in [1.165, 1.54) is 19.3 Å². The summed E-state index contributed by atoms with van der Waals surface area (Å²) in [7, 11) is 1.92. The molecule has 0 atom stereocenters. The van der Waals surface area contributed by atoms with E-state index in [1.54, 1.807) is 12.5 Å². The van der Waals surface area contributed by atoms with Gasteiger partial charge >= 0.3 is 0 Å². The Balaban J connectivity index is 1.45. The Kier molecular flexibility index (Phi) is 5.00. The maximum atomic E-state index is 13.2. The van der Waals surface area contributed by atoms with Crippen molar-refractivity contribution < 1.29 is 4.79 Å². The van der Waals surface area contributed by atoms with Crippen LogP contribution >= 0.6 is 0 Å². The molecule has 2 aromatic rings. The summed E-state index contributed by atoms with van der Waals surface area (Å²) in [5.74, 6) is 1.02. The number of hydrogen-bond donors (Lipinski definition) is 0. The molecule has 0 unspecified atom stereocenters. The van der Waals surface area contributed by atoms with Crippen LogP contribution < -0.4 is 0 Å². The van der Waals surface area contributed by atoms with Gasteiger partial charge in [0.25, 0.3) is 5.91 Å². The summed E-state index contributed by atoms with van der Waals surface area (Å²) in [6.07, 6.45) is 13.4. The fourth-order valence-corrected chi connectivity index (χ4v) is 4.44. The number of rotatable bonds is 3. The highest BCUT2D eigenvalue weighted by molar-refractivity contribution is 5.95. The molecule has 2 aliphatic rings. The van der Waals surface area contributed by atoms with Crippen molar-refractivity contribution in [1.82, 2.24) is 24.6 Å². The zero-order chi connectivity index (χ0) is 17.9. The van der Waals surface area contributed by atoms with Crippen molar-refractivity contribution >= 4 is 5.91 Å². The SMILES string of the molecule is Cn1cc(C(=O)N2CCC(c3ccncn3)CC2)c(C2CCCCC2)n1. The van der Waals surface area contributed by atoms with Crippen LogP contribution in [0, 0.1) is 0 Å². The molecule has 1 aliphatic carbocycles. The number of carbonyl (C=O) groups excluding carboxylic acids is 1. The van der Waals surface area contributed by atoms with Crippen molar-refractivity contribution in [2.24, 2.45) is 7.05 Å². The third kappa shape index (κ3) is 3.50. The molecule has 0 aromatic carbocycles. The van der Waals surface area contributed by atoms with Gasteiger partial charge in [0, 0.05) is 50.1 Å². The molecule has 0 spiro atoms. The van der Waals surface area contributed by atoms with E-state index in [9.17, 15) is 4.79 Å². The molecule has 0 N–H and O–H groups in total. The third-order valence-electron chi connectivity index (χ3n) is 5.88. The molecule has 3 heterocycles. The van der Waals surface area contributed by atoms with Gasteiger partial charge in [0.15, 0.2) is 0 Å². The number of likely N-dealkylation sites (tertiary alicyclic amines) is 1. The lowest BCUT2D eigenvalue weighted by Gasteiger charge is -2.32. The molecule has 2 fully saturated rings. The standard InChI is InChI=1S/C20H27N5O/c1-24-13-17(19(23-24)16-5-3-2-4-6-16)20(26)25-11-8-15(9-12-25)18-7-10-21-14-22-18/h7,10,13-16H,2-6,8-9,11-12H2,1H3. The number of amides is 1. The quantitative estimate of drug-likeness (QED) is 0.849. The van der Waals surface area contributed by atoms with Crippen molar-refractivity contribution in [1.29, 1.82) is 0 Å². The molecule has 2 aromatic heterocycles. The van der Waals surface area contributed by atoms with E-state index in [1.807, 2.05) is 28.9 Å². The molecule has 26 heavy (non-hydrogen) atoms. The molecule has 138 valence electrons. The number of piperidine rings is 1. The first kappa shape index (κ1) is 17.2. The number of aryl methyl sites for hydroxylation is 1. The minimum Gasteiger partial charge on any atom is -0.338 e. The number of nitrogens with zero attached hydrogens (tertiary/aromatic N) is 5. The summed E-state index contributed by atoms with van der Waals surface area (Å²) in [6.45, 7) is 1.57. The topological polar surface area (TPSA) is 63.9 Å². The molecule has 4 rings (SSSR count). The number of aromatic nitrogens is 4. The first-order valence-corrected chi connectivity index (χ1v) is 9.81. The number of carbonyl (C=O) groups is 1. The van der Waals surface area contributed by atoms with Gasteiger partial charge in [-0.05, 0) is 31.7 Å². The third-order valence-corrected chi connectivity index (χ3v) is 5.88. The Morgan fingerprint density at radius 2 is 1.85 bits per heavy atom. The van der Waals surface area contributed by atoms with Gasteiger partial charge < -0.3 is 4.90 Å². The fraction of sp³-hybridized carbons (Fsp3) is 0.600. The van der Waals surface area contributed by atoms with Gasteiger partial charge in [0.1, 0.15) is 6.33 Å². The van der Waals surface area contributed by atoms with Crippen LogP contribution in [-0.2, 0) is 7.05 Å². The first-order chi connectivity index (χ1) is 12.7. The Bertz CT molecular complexity index is 743. The summed E-state index contributed by atoms with van der Waals surface area (Å²) in [4.78, 5) is 23.5. The summed E-state index contributed by atoms with van der Waals surface area (Å²) in [5.41, 5.74) is 2.94. The second-order valence-corrected chi connectivity index (χ2v) is 7.64. The lowest BCUT2D eigenvalue weighted by Crippen LogP contribution is -2.38. The number of hydrogen-bond acceptors (Lipinski definition) is 4. The van der Waals surface area contributed by atoms with Crippen molar-refractivity contribution in [2.45, 2.75) is 56.8 Å². The smallest absolute Gasteiger partial charge is 0.257 e. The van der Waals surface area contributed by atoms with Crippen LogP contribution in [0.3, 0.4) is 0 Å². The van der Waals surface area contributed by atoms with Gasteiger partial charge in [-0.1, -0.05) is 19.3 Å². The highest BCUT2D eigenvalue weighted by Gasteiger charge is 2.30. The summed E-state index contributed by atoms with van der Waals surface area (Å²) in [6, 6.07) is 1.99. The molecule has 1 aliphatic heterocycles. The van der Waals surface area contributed by atoms with Gasteiger partial charge in [0.2, 0.25) is 0 Å². The molecular weight excluding hydrogens is 326 g/mol. The van der Waals surface area contributed by atoms with Crippen LogP contribution in [0.4, 0.5) is 0 Å².